The molecule has 4 N–H and O–H groups in total. The molecule has 0 spiro atoms. The summed E-state index contributed by atoms with van der Waals surface area (Å²) in [5, 5.41) is 21.4. The summed E-state index contributed by atoms with van der Waals surface area (Å²) in [7, 11) is 1.55. The summed E-state index contributed by atoms with van der Waals surface area (Å²) >= 11 is 12.9. The predicted molar refractivity (Wildman–Crippen MR) is 165 cm³/mol. The number of aromatic nitrogens is 3. The molecule has 3 aliphatic rings. The Morgan fingerprint density at radius 2 is 1.98 bits per heavy atom. The number of primary amides is 1. The van der Waals surface area contributed by atoms with Crippen LogP contribution in [0, 0.1) is 5.92 Å². The first-order chi connectivity index (χ1) is 21.0. The number of ether oxygens (including phenoxy) is 2. The fourth-order valence-electron chi connectivity index (χ4n) is 5.93. The third-order valence-corrected chi connectivity index (χ3v) is 9.57. The van der Waals surface area contributed by atoms with E-state index in [1.807, 2.05) is 10.9 Å². The summed E-state index contributed by atoms with van der Waals surface area (Å²) in [5.74, 6) is -0.277. The standard InChI is InChI=1S/C32H31Cl2N5O5/c1-31(30(35)41)15-44-28-22(31)12-25(37-27(28)21-11-19(33)5-8-23(21)34)32(42,18-3-4-18)14-36-29(40)16-9-17-13-39(20-6-7-20)38-26(17)24(10-16)43-2/h5,8-13,18,20,42H,3-4,6-7,14-15H2,1-2H3,(H2,35,41)(H,36,40)/t31-,32?/m0/s1. The molecule has 12 heteroatoms. The van der Waals surface area contributed by atoms with E-state index in [4.69, 9.17) is 43.4 Å². The number of nitrogens with two attached hydrogens (primary N) is 1. The fourth-order valence-corrected chi connectivity index (χ4v) is 6.31. The van der Waals surface area contributed by atoms with Crippen LogP contribution in [-0.2, 0) is 15.8 Å². The number of aliphatic hydroxyl groups is 1. The summed E-state index contributed by atoms with van der Waals surface area (Å²) in [6.45, 7) is 1.58. The van der Waals surface area contributed by atoms with Crippen LogP contribution in [0.3, 0.4) is 0 Å². The Morgan fingerprint density at radius 3 is 2.66 bits per heavy atom. The molecule has 2 aliphatic carbocycles. The van der Waals surface area contributed by atoms with Crippen LogP contribution >= 0.6 is 23.2 Å². The van der Waals surface area contributed by atoms with Gasteiger partial charge in [-0.2, -0.15) is 5.10 Å². The van der Waals surface area contributed by atoms with Crippen LogP contribution in [0.25, 0.3) is 22.2 Å². The van der Waals surface area contributed by atoms with Crippen molar-refractivity contribution in [2.75, 3.05) is 20.3 Å². The van der Waals surface area contributed by atoms with Gasteiger partial charge in [-0.25, -0.2) is 4.98 Å². The Bertz CT molecular complexity index is 1850. The maximum atomic E-state index is 13.5. The SMILES string of the molecule is COc1cc(C(=O)NCC(O)(c2cc3c(c(-c4cc(Cl)ccc4Cl)n2)OC[C@]3(C)C(N)=O)C2CC2)cc2cn(C3CC3)nc12. The number of nitrogens with one attached hydrogen (secondary N) is 1. The van der Waals surface area contributed by atoms with Crippen molar-refractivity contribution in [2.45, 2.75) is 49.7 Å². The number of fused-ring (bicyclic) bond motifs is 2. The maximum Gasteiger partial charge on any atom is 0.251 e. The average molecular weight is 637 g/mol. The van der Waals surface area contributed by atoms with E-state index in [2.05, 4.69) is 10.4 Å². The molecular formula is C32H31Cl2N5O5. The molecule has 1 unspecified atom stereocenters. The van der Waals surface area contributed by atoms with Crippen molar-refractivity contribution in [3.63, 3.8) is 0 Å². The highest BCUT2D eigenvalue weighted by atomic mass is 35.5. The lowest BCUT2D eigenvalue weighted by molar-refractivity contribution is -0.123. The fraction of sp³-hybridized carbons (Fsp3) is 0.375. The average Bonchev–Trinajstić information content (AvgIpc) is 3.95. The van der Waals surface area contributed by atoms with Gasteiger partial charge in [0.25, 0.3) is 5.91 Å². The molecule has 2 aromatic carbocycles. The second-order valence-corrected chi connectivity index (χ2v) is 13.0. The first-order valence-corrected chi connectivity index (χ1v) is 15.3. The lowest BCUT2D eigenvalue weighted by Crippen LogP contribution is -2.44. The third-order valence-electron chi connectivity index (χ3n) is 9.01. The van der Waals surface area contributed by atoms with E-state index >= 15 is 0 Å². The highest BCUT2D eigenvalue weighted by Gasteiger charge is 2.50. The van der Waals surface area contributed by atoms with Gasteiger partial charge in [0.15, 0.2) is 0 Å². The number of halogens is 2. The van der Waals surface area contributed by atoms with Crippen molar-refractivity contribution in [2.24, 2.45) is 11.7 Å². The molecule has 0 bridgehead atoms. The molecular weight excluding hydrogens is 605 g/mol. The summed E-state index contributed by atoms with van der Waals surface area (Å²) in [4.78, 5) is 31.1. The number of hydrogen-bond acceptors (Lipinski definition) is 7. The highest BCUT2D eigenvalue weighted by molar-refractivity contribution is 6.35. The number of nitrogens with zero attached hydrogens (tertiary/aromatic N) is 3. The Hall–Kier alpha value is -3.86. The zero-order valence-electron chi connectivity index (χ0n) is 24.2. The van der Waals surface area contributed by atoms with Crippen LogP contribution in [0.1, 0.15) is 60.3 Å². The zero-order chi connectivity index (χ0) is 31.0. The molecule has 7 rings (SSSR count). The van der Waals surface area contributed by atoms with Crippen LogP contribution in [0.5, 0.6) is 11.5 Å². The van der Waals surface area contributed by atoms with Gasteiger partial charge in [0.2, 0.25) is 5.91 Å². The summed E-state index contributed by atoms with van der Waals surface area (Å²) in [6, 6.07) is 10.4. The molecule has 4 aromatic rings. The van der Waals surface area contributed by atoms with E-state index < -0.39 is 16.9 Å². The lowest BCUT2D eigenvalue weighted by Gasteiger charge is -2.30. The second kappa shape index (κ2) is 10.4. The minimum Gasteiger partial charge on any atom is -0.494 e. The number of carbonyl (C=O) groups is 2. The highest BCUT2D eigenvalue weighted by Crippen LogP contribution is 2.50. The second-order valence-electron chi connectivity index (χ2n) is 12.2. The Labute approximate surface area is 263 Å². The molecule has 10 nitrogen and oxygen atoms in total. The zero-order valence-corrected chi connectivity index (χ0v) is 25.7. The van der Waals surface area contributed by atoms with Gasteiger partial charge >= 0.3 is 0 Å². The van der Waals surface area contributed by atoms with Crippen molar-refractivity contribution < 1.29 is 24.2 Å². The van der Waals surface area contributed by atoms with E-state index in [1.54, 1.807) is 50.4 Å². The number of methoxy groups -OCH3 is 1. The molecule has 2 aromatic heterocycles. The van der Waals surface area contributed by atoms with Gasteiger partial charge in [-0.1, -0.05) is 23.2 Å². The molecule has 44 heavy (non-hydrogen) atoms. The quantitative estimate of drug-likeness (QED) is 0.237. The van der Waals surface area contributed by atoms with Crippen molar-refractivity contribution in [3.8, 4) is 22.8 Å². The van der Waals surface area contributed by atoms with E-state index in [-0.39, 0.29) is 30.7 Å². The summed E-state index contributed by atoms with van der Waals surface area (Å²) < 4.78 is 13.5. The molecule has 2 atom stereocenters. The monoisotopic (exact) mass is 635 g/mol. The molecule has 2 amide bonds. The van der Waals surface area contributed by atoms with Crippen molar-refractivity contribution in [1.29, 1.82) is 0 Å². The van der Waals surface area contributed by atoms with Crippen LogP contribution < -0.4 is 20.5 Å². The molecule has 0 radical (unpaired) electrons. The third kappa shape index (κ3) is 4.76. The molecule has 3 heterocycles. The Morgan fingerprint density at radius 1 is 1.20 bits per heavy atom. The minimum absolute atomic E-state index is 0.00815. The van der Waals surface area contributed by atoms with Gasteiger partial charge in [-0.15, -0.1) is 0 Å². The number of carbonyl (C=O) groups excluding carboxylic acids is 2. The van der Waals surface area contributed by atoms with Crippen molar-refractivity contribution >= 4 is 45.9 Å². The summed E-state index contributed by atoms with van der Waals surface area (Å²) in [5.41, 5.74) is 5.79. The number of hydrogen-bond donors (Lipinski definition) is 3. The first kappa shape index (κ1) is 28.9. The number of benzene rings is 2. The topological polar surface area (TPSA) is 142 Å². The van der Waals surface area contributed by atoms with Gasteiger partial charge in [0, 0.05) is 33.3 Å². The van der Waals surface area contributed by atoms with Crippen LogP contribution in [-0.4, -0.2) is 51.9 Å². The Kier molecular flexibility index (Phi) is 6.80. The number of amides is 2. The van der Waals surface area contributed by atoms with Gasteiger partial charge in [-0.3, -0.25) is 14.3 Å². The van der Waals surface area contributed by atoms with E-state index in [0.29, 0.717) is 55.5 Å². The molecule has 2 fully saturated rings. The van der Waals surface area contributed by atoms with Gasteiger partial charge < -0.3 is 25.6 Å². The number of rotatable bonds is 9. The van der Waals surface area contributed by atoms with Gasteiger partial charge in [0.05, 0.1) is 30.4 Å². The van der Waals surface area contributed by atoms with Gasteiger partial charge in [0.1, 0.15) is 40.3 Å². The largest absolute Gasteiger partial charge is 0.494 e. The molecule has 2 saturated carbocycles. The predicted octanol–water partition coefficient (Wildman–Crippen LogP) is 4.91. The van der Waals surface area contributed by atoms with E-state index in [1.165, 1.54) is 0 Å². The smallest absolute Gasteiger partial charge is 0.251 e. The van der Waals surface area contributed by atoms with Crippen molar-refractivity contribution in [1.82, 2.24) is 20.1 Å². The maximum absolute atomic E-state index is 13.5. The molecule has 0 saturated heterocycles. The van der Waals surface area contributed by atoms with Crippen LogP contribution in [0.2, 0.25) is 10.0 Å². The van der Waals surface area contributed by atoms with Crippen LogP contribution in [0.15, 0.2) is 42.6 Å². The summed E-state index contributed by atoms with van der Waals surface area (Å²) in [6.07, 6.45) is 5.57. The van der Waals surface area contributed by atoms with Crippen molar-refractivity contribution in [3.05, 3.63) is 69.5 Å². The molecule has 1 aliphatic heterocycles. The van der Waals surface area contributed by atoms with E-state index in [0.717, 1.165) is 31.1 Å². The van der Waals surface area contributed by atoms with Crippen LogP contribution in [0.4, 0.5) is 0 Å². The van der Waals surface area contributed by atoms with Gasteiger partial charge in [-0.05, 0) is 74.9 Å². The minimum atomic E-state index is -1.56. The van der Waals surface area contributed by atoms with E-state index in [9.17, 15) is 14.7 Å². The normalized spacial score (nSPS) is 20.6. The Balaban J connectivity index is 1.27. The number of pyridine rings is 1. The first-order valence-electron chi connectivity index (χ1n) is 14.5. The molecule has 228 valence electrons. The lowest BCUT2D eigenvalue weighted by atomic mass is 9.81.